The zero-order valence-electron chi connectivity index (χ0n) is 14.2. The molecule has 3 heterocycles. The molecule has 0 aliphatic carbocycles. The molecule has 9 heteroatoms. The van der Waals surface area contributed by atoms with Crippen LogP contribution in [0.1, 0.15) is 29.3 Å². The Morgan fingerprint density at radius 2 is 2.22 bits per heavy atom. The van der Waals surface area contributed by atoms with Gasteiger partial charge in [0.2, 0.25) is 5.82 Å². The van der Waals surface area contributed by atoms with Gasteiger partial charge in [-0.05, 0) is 37.3 Å². The number of esters is 1. The van der Waals surface area contributed by atoms with E-state index in [0.717, 1.165) is 0 Å². The third kappa shape index (κ3) is 3.47. The predicted molar refractivity (Wildman–Crippen MR) is 91.9 cm³/mol. The van der Waals surface area contributed by atoms with E-state index < -0.39 is 12.1 Å². The number of nitrogens with one attached hydrogen (secondary N) is 1. The van der Waals surface area contributed by atoms with Crippen molar-refractivity contribution in [3.8, 4) is 17.1 Å². The van der Waals surface area contributed by atoms with E-state index in [0.29, 0.717) is 22.8 Å². The van der Waals surface area contributed by atoms with Crippen LogP contribution >= 0.6 is 0 Å². The third-order valence-electron chi connectivity index (χ3n) is 3.84. The van der Waals surface area contributed by atoms with E-state index in [2.05, 4.69) is 20.4 Å². The van der Waals surface area contributed by atoms with Gasteiger partial charge < -0.3 is 19.3 Å². The Kier molecular flexibility index (Phi) is 4.25. The Bertz CT molecular complexity index is 1000. The molecule has 1 aliphatic rings. The second kappa shape index (κ2) is 6.87. The quantitative estimate of drug-likeness (QED) is 0.700. The van der Waals surface area contributed by atoms with E-state index in [9.17, 15) is 9.59 Å². The number of hydrogen-bond donors (Lipinski definition) is 1. The van der Waals surface area contributed by atoms with Crippen molar-refractivity contribution in [2.24, 2.45) is 0 Å². The summed E-state index contributed by atoms with van der Waals surface area (Å²) in [5.41, 5.74) is 1.48. The SMILES string of the molecule is CC(OC(=O)c1ccc2c(c1)OCC(=O)N2)c1nc(-c2cccnc2)no1. The van der Waals surface area contributed by atoms with Crippen molar-refractivity contribution in [2.45, 2.75) is 13.0 Å². The zero-order chi connectivity index (χ0) is 18.8. The maximum Gasteiger partial charge on any atom is 0.339 e. The van der Waals surface area contributed by atoms with Crippen molar-refractivity contribution in [3.05, 3.63) is 54.2 Å². The number of anilines is 1. The maximum atomic E-state index is 12.4. The number of fused-ring (bicyclic) bond motifs is 1. The third-order valence-corrected chi connectivity index (χ3v) is 3.84. The Balaban J connectivity index is 1.47. The van der Waals surface area contributed by atoms with Gasteiger partial charge in [0.25, 0.3) is 11.8 Å². The highest BCUT2D eigenvalue weighted by molar-refractivity contribution is 5.97. The molecule has 0 bridgehead atoms. The molecule has 9 nitrogen and oxygen atoms in total. The number of rotatable bonds is 4. The lowest BCUT2D eigenvalue weighted by atomic mass is 10.1. The van der Waals surface area contributed by atoms with Crippen LogP contribution in [0.15, 0.2) is 47.2 Å². The number of carbonyl (C=O) groups excluding carboxylic acids is 2. The highest BCUT2D eigenvalue weighted by Crippen LogP contribution is 2.29. The number of nitrogens with zero attached hydrogens (tertiary/aromatic N) is 3. The summed E-state index contributed by atoms with van der Waals surface area (Å²) in [5.74, 6) is 0.121. The molecule has 1 N–H and O–H groups in total. The monoisotopic (exact) mass is 366 g/mol. The molecule has 4 rings (SSSR count). The number of ether oxygens (including phenoxy) is 2. The topological polar surface area (TPSA) is 116 Å². The van der Waals surface area contributed by atoms with Gasteiger partial charge >= 0.3 is 5.97 Å². The van der Waals surface area contributed by atoms with Gasteiger partial charge in [-0.15, -0.1) is 0 Å². The Hall–Kier alpha value is -3.75. The molecular weight excluding hydrogens is 352 g/mol. The summed E-state index contributed by atoms with van der Waals surface area (Å²) in [6.45, 7) is 1.54. The minimum atomic E-state index is -0.743. The molecule has 0 fully saturated rings. The van der Waals surface area contributed by atoms with Gasteiger partial charge in [0.1, 0.15) is 5.75 Å². The summed E-state index contributed by atoms with van der Waals surface area (Å²) in [7, 11) is 0. The van der Waals surface area contributed by atoms with Crippen molar-refractivity contribution in [2.75, 3.05) is 11.9 Å². The van der Waals surface area contributed by atoms with Crippen molar-refractivity contribution in [1.29, 1.82) is 0 Å². The van der Waals surface area contributed by atoms with E-state index >= 15 is 0 Å². The Labute approximate surface area is 153 Å². The molecule has 3 aromatic rings. The summed E-state index contributed by atoms with van der Waals surface area (Å²) in [5, 5.41) is 6.53. The summed E-state index contributed by atoms with van der Waals surface area (Å²) in [4.78, 5) is 31.9. The fraction of sp³-hybridized carbons (Fsp3) is 0.167. The molecule has 1 unspecified atom stereocenters. The Morgan fingerprint density at radius 3 is 3.04 bits per heavy atom. The average molecular weight is 366 g/mol. The van der Waals surface area contributed by atoms with Crippen LogP contribution in [0.2, 0.25) is 0 Å². The lowest BCUT2D eigenvalue weighted by Gasteiger charge is -2.18. The molecule has 1 aromatic carbocycles. The minimum absolute atomic E-state index is 0.0962. The van der Waals surface area contributed by atoms with Crippen molar-refractivity contribution in [1.82, 2.24) is 15.1 Å². The van der Waals surface area contributed by atoms with E-state index in [4.69, 9.17) is 14.0 Å². The normalized spacial score (nSPS) is 13.9. The van der Waals surface area contributed by atoms with Gasteiger partial charge in [-0.25, -0.2) is 4.79 Å². The molecule has 0 saturated carbocycles. The van der Waals surface area contributed by atoms with Gasteiger partial charge in [0.15, 0.2) is 12.7 Å². The molecule has 1 atom stereocenters. The van der Waals surface area contributed by atoms with Crippen LogP contribution in [0, 0.1) is 0 Å². The first kappa shape index (κ1) is 16.7. The largest absolute Gasteiger partial charge is 0.482 e. The number of aromatic nitrogens is 3. The van der Waals surface area contributed by atoms with Crippen molar-refractivity contribution < 1.29 is 23.6 Å². The number of pyridine rings is 1. The highest BCUT2D eigenvalue weighted by Gasteiger charge is 2.22. The smallest absolute Gasteiger partial charge is 0.339 e. The lowest BCUT2D eigenvalue weighted by molar-refractivity contribution is -0.118. The molecule has 2 aromatic heterocycles. The van der Waals surface area contributed by atoms with Gasteiger partial charge in [-0.3, -0.25) is 9.78 Å². The molecule has 0 spiro atoms. The number of amides is 1. The van der Waals surface area contributed by atoms with Gasteiger partial charge in [0, 0.05) is 18.0 Å². The lowest BCUT2D eigenvalue weighted by Crippen LogP contribution is -2.25. The molecule has 27 heavy (non-hydrogen) atoms. The van der Waals surface area contributed by atoms with Crippen LogP contribution in [-0.4, -0.2) is 33.6 Å². The number of benzene rings is 1. The van der Waals surface area contributed by atoms with Crippen LogP contribution in [0.5, 0.6) is 5.75 Å². The summed E-state index contributed by atoms with van der Waals surface area (Å²) < 4.78 is 15.9. The average Bonchev–Trinajstić information content (AvgIpc) is 3.18. The molecule has 0 radical (unpaired) electrons. The molecule has 136 valence electrons. The van der Waals surface area contributed by atoms with Crippen molar-refractivity contribution >= 4 is 17.6 Å². The first-order valence-corrected chi connectivity index (χ1v) is 8.12. The summed E-state index contributed by atoms with van der Waals surface area (Å²) in [6.07, 6.45) is 2.51. The fourth-order valence-electron chi connectivity index (χ4n) is 2.49. The van der Waals surface area contributed by atoms with Crippen LogP contribution in [-0.2, 0) is 9.53 Å². The summed E-state index contributed by atoms with van der Waals surface area (Å²) >= 11 is 0. The van der Waals surface area contributed by atoms with Crippen molar-refractivity contribution in [3.63, 3.8) is 0 Å². The number of hydrogen-bond acceptors (Lipinski definition) is 8. The minimum Gasteiger partial charge on any atom is -0.482 e. The predicted octanol–water partition coefficient (Wildman–Crippen LogP) is 2.38. The zero-order valence-corrected chi connectivity index (χ0v) is 14.2. The standard InChI is InChI=1S/C18H14N4O5/c1-10(17-21-16(22-27-17)12-3-2-6-19-8-12)26-18(24)11-4-5-13-14(7-11)25-9-15(23)20-13/h2-8,10H,9H2,1H3,(H,20,23). The van der Waals surface area contributed by atoms with Crippen LogP contribution < -0.4 is 10.1 Å². The second-order valence-corrected chi connectivity index (χ2v) is 5.79. The highest BCUT2D eigenvalue weighted by atomic mass is 16.6. The van der Waals surface area contributed by atoms with Gasteiger partial charge in [0.05, 0.1) is 11.3 Å². The van der Waals surface area contributed by atoms with E-state index in [1.54, 1.807) is 37.5 Å². The molecular formula is C18H14N4O5. The molecule has 0 saturated heterocycles. The van der Waals surface area contributed by atoms with E-state index in [-0.39, 0.29) is 24.0 Å². The van der Waals surface area contributed by atoms with Crippen LogP contribution in [0.3, 0.4) is 0 Å². The van der Waals surface area contributed by atoms with Crippen LogP contribution in [0.25, 0.3) is 11.4 Å². The van der Waals surface area contributed by atoms with Crippen LogP contribution in [0.4, 0.5) is 5.69 Å². The summed E-state index contributed by atoms with van der Waals surface area (Å²) in [6, 6.07) is 8.19. The van der Waals surface area contributed by atoms with Gasteiger partial charge in [-0.2, -0.15) is 4.98 Å². The first-order valence-electron chi connectivity index (χ1n) is 8.12. The Morgan fingerprint density at radius 1 is 1.33 bits per heavy atom. The first-order chi connectivity index (χ1) is 13.1. The second-order valence-electron chi connectivity index (χ2n) is 5.79. The number of carbonyl (C=O) groups is 2. The van der Waals surface area contributed by atoms with Gasteiger partial charge in [-0.1, -0.05) is 5.16 Å². The van der Waals surface area contributed by atoms with E-state index in [1.807, 2.05) is 0 Å². The molecule has 1 aliphatic heterocycles. The molecule has 1 amide bonds. The fourth-order valence-corrected chi connectivity index (χ4v) is 2.49. The maximum absolute atomic E-state index is 12.4. The van der Waals surface area contributed by atoms with E-state index in [1.165, 1.54) is 12.1 Å².